The van der Waals surface area contributed by atoms with Crippen molar-refractivity contribution in [1.82, 2.24) is 0 Å². The summed E-state index contributed by atoms with van der Waals surface area (Å²) in [6.07, 6.45) is 8.50. The molecule has 3 saturated carbocycles. The highest BCUT2D eigenvalue weighted by Gasteiger charge is 2.54. The van der Waals surface area contributed by atoms with Gasteiger partial charge in [0.1, 0.15) is 17.1 Å². The van der Waals surface area contributed by atoms with E-state index in [4.69, 9.17) is 9.47 Å². The van der Waals surface area contributed by atoms with E-state index in [1.807, 2.05) is 6.07 Å². The molecule has 3 aliphatic heterocycles. The molecule has 2 saturated heterocycles. The van der Waals surface area contributed by atoms with Gasteiger partial charge in [0.15, 0.2) is 0 Å². The van der Waals surface area contributed by atoms with Gasteiger partial charge in [0.2, 0.25) is 0 Å². The van der Waals surface area contributed by atoms with Gasteiger partial charge in [0, 0.05) is 17.4 Å². The van der Waals surface area contributed by atoms with Crippen molar-refractivity contribution in [1.29, 1.82) is 0 Å². The standard InChI is InChI=1S/C24H32O4/c1-23(2)19-4-3-16(25)10-18(19)22-20(26)8-15(9-21(22)28-23)24-11-13-5-14(12-24)7-17(6-13)27-24/h8-9,13-14,16-19,25-26H,3-7,10-12H2,1-2H3/t13-,14+,16-,17?,18+,19+,24?/m0/s1. The van der Waals surface area contributed by atoms with Gasteiger partial charge in [0.05, 0.1) is 17.8 Å². The first kappa shape index (κ1) is 17.6. The normalized spacial score (nSPS) is 45.2. The van der Waals surface area contributed by atoms with E-state index in [2.05, 4.69) is 19.9 Å². The molecule has 1 aromatic carbocycles. The smallest absolute Gasteiger partial charge is 0.127 e. The second-order valence-electron chi connectivity index (χ2n) is 10.9. The van der Waals surface area contributed by atoms with Crippen LogP contribution in [0.4, 0.5) is 0 Å². The molecule has 3 heterocycles. The van der Waals surface area contributed by atoms with E-state index in [1.165, 1.54) is 19.3 Å². The predicted octanol–water partition coefficient (Wildman–Crippen LogP) is 4.61. The van der Waals surface area contributed by atoms with Crippen molar-refractivity contribution >= 4 is 0 Å². The minimum absolute atomic E-state index is 0.161. The third-order valence-corrected chi connectivity index (χ3v) is 8.59. The van der Waals surface area contributed by atoms with Crippen LogP contribution in [0.3, 0.4) is 0 Å². The van der Waals surface area contributed by atoms with Gasteiger partial charge in [-0.15, -0.1) is 0 Å². The van der Waals surface area contributed by atoms with Gasteiger partial charge < -0.3 is 19.7 Å². The van der Waals surface area contributed by atoms with Gasteiger partial charge in [-0.25, -0.2) is 0 Å². The van der Waals surface area contributed by atoms with Gasteiger partial charge in [-0.05, 0) is 94.7 Å². The number of hydrogen-bond donors (Lipinski definition) is 2. The lowest BCUT2D eigenvalue weighted by atomic mass is 9.60. The third kappa shape index (κ3) is 2.43. The van der Waals surface area contributed by atoms with Crippen LogP contribution in [0.15, 0.2) is 12.1 Å². The molecule has 28 heavy (non-hydrogen) atoms. The summed E-state index contributed by atoms with van der Waals surface area (Å²) >= 11 is 0. The molecule has 4 nitrogen and oxygen atoms in total. The molecule has 3 aliphatic carbocycles. The first-order valence-electron chi connectivity index (χ1n) is 11.3. The Kier molecular flexibility index (Phi) is 3.56. The quantitative estimate of drug-likeness (QED) is 0.742. The van der Waals surface area contributed by atoms with Crippen LogP contribution in [0.2, 0.25) is 0 Å². The van der Waals surface area contributed by atoms with Crippen molar-refractivity contribution in [3.63, 3.8) is 0 Å². The molecule has 0 amide bonds. The molecule has 4 bridgehead atoms. The minimum Gasteiger partial charge on any atom is -0.508 e. The van der Waals surface area contributed by atoms with Gasteiger partial charge in [-0.2, -0.15) is 0 Å². The van der Waals surface area contributed by atoms with Crippen molar-refractivity contribution in [3.05, 3.63) is 23.3 Å². The largest absolute Gasteiger partial charge is 0.508 e. The van der Waals surface area contributed by atoms with Crippen molar-refractivity contribution in [2.75, 3.05) is 0 Å². The molecule has 152 valence electrons. The highest BCUT2D eigenvalue weighted by Crippen LogP contribution is 2.60. The maximum absolute atomic E-state index is 11.1. The number of aliphatic hydroxyl groups excluding tert-OH is 1. The van der Waals surface area contributed by atoms with Crippen LogP contribution in [0.1, 0.15) is 82.3 Å². The van der Waals surface area contributed by atoms with Crippen LogP contribution in [0, 0.1) is 17.8 Å². The second-order valence-corrected chi connectivity index (χ2v) is 10.9. The summed E-state index contributed by atoms with van der Waals surface area (Å²) in [5, 5.41) is 21.4. The lowest BCUT2D eigenvalue weighted by Crippen LogP contribution is -2.53. The zero-order valence-corrected chi connectivity index (χ0v) is 17.0. The molecule has 0 radical (unpaired) electrons. The molecule has 1 aromatic rings. The highest BCUT2D eigenvalue weighted by atomic mass is 16.5. The van der Waals surface area contributed by atoms with Crippen LogP contribution in [0.5, 0.6) is 11.5 Å². The van der Waals surface area contributed by atoms with Crippen molar-refractivity contribution in [2.45, 2.75) is 94.5 Å². The zero-order chi connectivity index (χ0) is 19.3. The van der Waals surface area contributed by atoms with Crippen molar-refractivity contribution < 1.29 is 19.7 Å². The molecule has 0 aromatic heterocycles. The summed E-state index contributed by atoms with van der Waals surface area (Å²) in [4.78, 5) is 0. The topological polar surface area (TPSA) is 58.9 Å². The van der Waals surface area contributed by atoms with Gasteiger partial charge in [-0.1, -0.05) is 0 Å². The monoisotopic (exact) mass is 384 g/mol. The van der Waals surface area contributed by atoms with Gasteiger partial charge in [0.25, 0.3) is 0 Å². The van der Waals surface area contributed by atoms with E-state index >= 15 is 0 Å². The van der Waals surface area contributed by atoms with Crippen LogP contribution >= 0.6 is 0 Å². The van der Waals surface area contributed by atoms with Crippen molar-refractivity contribution in [3.8, 4) is 11.5 Å². The molecule has 2 N–H and O–H groups in total. The average molecular weight is 385 g/mol. The Hall–Kier alpha value is -1.26. The number of rotatable bonds is 1. The number of hydrogen-bond acceptors (Lipinski definition) is 4. The fraction of sp³-hybridized carbons (Fsp3) is 0.750. The Labute approximate surface area is 167 Å². The summed E-state index contributed by atoms with van der Waals surface area (Å²) in [5.41, 5.74) is 1.49. The zero-order valence-electron chi connectivity index (χ0n) is 17.0. The van der Waals surface area contributed by atoms with Gasteiger partial charge >= 0.3 is 0 Å². The Morgan fingerprint density at radius 1 is 1.00 bits per heavy atom. The van der Waals surface area contributed by atoms with E-state index in [-0.39, 0.29) is 23.2 Å². The van der Waals surface area contributed by atoms with E-state index < -0.39 is 0 Å². The highest BCUT2D eigenvalue weighted by molar-refractivity contribution is 5.53. The first-order chi connectivity index (χ1) is 13.3. The van der Waals surface area contributed by atoms with Crippen LogP contribution in [-0.2, 0) is 10.3 Å². The fourth-order valence-electron chi connectivity index (χ4n) is 7.66. The molecule has 6 aliphatic rings. The first-order valence-corrected chi connectivity index (χ1v) is 11.3. The van der Waals surface area contributed by atoms with Gasteiger partial charge in [-0.3, -0.25) is 0 Å². The maximum Gasteiger partial charge on any atom is 0.127 e. The molecule has 5 fully saturated rings. The van der Waals surface area contributed by atoms with E-state index in [9.17, 15) is 10.2 Å². The second kappa shape index (κ2) is 5.66. The number of fused-ring (bicyclic) bond motifs is 3. The summed E-state index contributed by atoms with van der Waals surface area (Å²) in [5.74, 6) is 3.17. The van der Waals surface area contributed by atoms with Crippen molar-refractivity contribution in [2.24, 2.45) is 17.8 Å². The lowest BCUT2D eigenvalue weighted by Gasteiger charge is -2.57. The number of ether oxygens (including phenoxy) is 2. The van der Waals surface area contributed by atoms with E-state index in [0.717, 1.165) is 54.4 Å². The van der Waals surface area contributed by atoms with E-state index in [1.54, 1.807) is 0 Å². The number of aliphatic hydroxyl groups is 1. The Morgan fingerprint density at radius 3 is 2.46 bits per heavy atom. The predicted molar refractivity (Wildman–Crippen MR) is 106 cm³/mol. The molecular weight excluding hydrogens is 352 g/mol. The Bertz CT molecular complexity index is 778. The summed E-state index contributed by atoms with van der Waals surface area (Å²) in [6.45, 7) is 4.33. The third-order valence-electron chi connectivity index (χ3n) is 8.59. The Morgan fingerprint density at radius 2 is 1.75 bits per heavy atom. The molecule has 2 unspecified atom stereocenters. The summed E-state index contributed by atoms with van der Waals surface area (Å²) < 4.78 is 13.1. The Balaban J connectivity index is 1.44. The average Bonchev–Trinajstić information content (AvgIpc) is 2.59. The minimum atomic E-state index is -0.287. The van der Waals surface area contributed by atoms with Crippen LogP contribution in [-0.4, -0.2) is 28.0 Å². The molecule has 0 spiro atoms. The van der Waals surface area contributed by atoms with Crippen LogP contribution in [0.25, 0.3) is 0 Å². The molecule has 4 heteroatoms. The summed E-state index contributed by atoms with van der Waals surface area (Å²) in [6, 6.07) is 4.13. The van der Waals surface area contributed by atoms with Crippen LogP contribution < -0.4 is 4.74 Å². The maximum atomic E-state index is 11.1. The fourth-order valence-corrected chi connectivity index (χ4v) is 7.66. The number of phenolic OH excluding ortho intramolecular Hbond substituents is 1. The molecule has 7 rings (SSSR count). The number of phenols is 1. The summed E-state index contributed by atoms with van der Waals surface area (Å²) in [7, 11) is 0. The van der Waals surface area contributed by atoms with E-state index in [0.29, 0.717) is 24.2 Å². The number of aromatic hydroxyl groups is 1. The SMILES string of the molecule is CC1(C)Oc2cc(C34C[C@@H]5CC(C[C@@H](C5)C3)O4)cc(O)c2[C@@H]2C[C@@H](O)CC[C@H]21. The number of benzene rings is 1. The molecular formula is C24H32O4. The molecule has 7 atom stereocenters. The lowest BCUT2D eigenvalue weighted by molar-refractivity contribution is -0.226.